The minimum Gasteiger partial charge on any atom is -0.314 e. The maximum absolute atomic E-state index is 5.13. The summed E-state index contributed by atoms with van der Waals surface area (Å²) in [5.41, 5.74) is 2.50. The molecule has 0 atom stereocenters. The summed E-state index contributed by atoms with van der Waals surface area (Å²) in [6.45, 7) is 0. The number of thioether (sulfide) groups is 1. The van der Waals surface area contributed by atoms with Crippen molar-refractivity contribution in [3.63, 3.8) is 0 Å². The summed E-state index contributed by atoms with van der Waals surface area (Å²) in [7, 11) is 0. The number of aromatic nitrogens is 10. The minimum atomic E-state index is 0.401. The molecule has 4 N–H and O–H groups in total. The highest BCUT2D eigenvalue weighted by Crippen LogP contribution is 2.30. The molecular weight excluding hydrogens is 442 g/mol. The number of fused-ring (bicyclic) bond motifs is 1. The molecule has 0 aliphatic carbocycles. The molecule has 30 heavy (non-hydrogen) atoms. The first-order valence-electron chi connectivity index (χ1n) is 8.71. The smallest absolute Gasteiger partial charge is 0.209 e. The van der Waals surface area contributed by atoms with E-state index in [4.69, 9.17) is 17.2 Å². The van der Waals surface area contributed by atoms with Crippen molar-refractivity contribution in [3.8, 4) is 0 Å². The maximum atomic E-state index is 5.13. The van der Waals surface area contributed by atoms with Gasteiger partial charge in [-0.15, -0.1) is 15.3 Å². The molecule has 0 spiro atoms. The third-order valence-corrected chi connectivity index (χ3v) is 5.99. The molecule has 0 aliphatic rings. The van der Waals surface area contributed by atoms with Gasteiger partial charge in [0.15, 0.2) is 20.6 Å². The van der Waals surface area contributed by atoms with Gasteiger partial charge in [0.05, 0.1) is 17.5 Å². The molecule has 0 unspecified atom stereocenters. The second-order valence-electron chi connectivity index (χ2n) is 6.08. The number of nitrogens with one attached hydrogen (secondary N) is 4. The van der Waals surface area contributed by atoms with Gasteiger partial charge >= 0.3 is 0 Å². The molecule has 0 amide bonds. The normalized spacial score (nSPS) is 11.2. The van der Waals surface area contributed by atoms with Crippen molar-refractivity contribution in [2.24, 2.45) is 0 Å². The Morgan fingerprint density at radius 1 is 1.07 bits per heavy atom. The van der Waals surface area contributed by atoms with Crippen LogP contribution in [-0.4, -0.2) is 51.0 Å². The van der Waals surface area contributed by atoms with E-state index in [1.165, 1.54) is 28.7 Å². The highest BCUT2D eigenvalue weighted by Gasteiger charge is 2.18. The summed E-state index contributed by atoms with van der Waals surface area (Å²) in [5, 5.41) is 33.5. The van der Waals surface area contributed by atoms with Gasteiger partial charge in [0.1, 0.15) is 5.82 Å². The molecule has 150 valence electrons. The molecule has 0 radical (unpaired) electrons. The van der Waals surface area contributed by atoms with Gasteiger partial charge in [0, 0.05) is 5.75 Å². The van der Waals surface area contributed by atoms with Crippen molar-refractivity contribution in [2.45, 2.75) is 17.3 Å². The molecule has 11 nitrogen and oxygen atoms in total. The van der Waals surface area contributed by atoms with Gasteiger partial charge in [0.2, 0.25) is 5.13 Å². The Labute approximate surface area is 182 Å². The molecule has 1 aromatic carbocycles. The van der Waals surface area contributed by atoms with Crippen molar-refractivity contribution in [1.29, 1.82) is 0 Å². The van der Waals surface area contributed by atoms with Crippen LogP contribution in [0.3, 0.4) is 0 Å². The first-order chi connectivity index (χ1) is 14.7. The van der Waals surface area contributed by atoms with Crippen LogP contribution in [0.25, 0.3) is 11.0 Å². The van der Waals surface area contributed by atoms with Gasteiger partial charge in [0.25, 0.3) is 0 Å². The van der Waals surface area contributed by atoms with Crippen LogP contribution in [0.5, 0.6) is 0 Å². The maximum Gasteiger partial charge on any atom is 0.209 e. The fraction of sp³-hybridized carbons (Fsp3) is 0.125. The molecule has 0 fully saturated rings. The Bertz CT molecular complexity index is 1320. The number of hydrogen-bond acceptors (Lipinski definition) is 11. The second-order valence-corrected chi connectivity index (χ2v) is 8.69. The van der Waals surface area contributed by atoms with Gasteiger partial charge < -0.3 is 5.32 Å². The van der Waals surface area contributed by atoms with Crippen LogP contribution >= 0.6 is 35.3 Å². The highest BCUT2D eigenvalue weighted by atomic mass is 32.2. The lowest BCUT2D eigenvalue weighted by atomic mass is 10.2. The van der Waals surface area contributed by atoms with Crippen LogP contribution < -0.4 is 5.32 Å². The van der Waals surface area contributed by atoms with E-state index in [2.05, 4.69) is 63.5 Å². The predicted octanol–water partition coefficient (Wildman–Crippen LogP) is 3.01. The molecule has 5 aromatic rings. The van der Waals surface area contributed by atoms with Crippen LogP contribution in [0.2, 0.25) is 0 Å². The SMILES string of the molecule is S=c1[nH]nc(Nc2nc(SCc3ccccc3)nc3n[nH]c(Cc4nn[nH]n4)c23)s1. The second kappa shape index (κ2) is 8.25. The Hall–Kier alpha value is -3.23. The number of aromatic amines is 3. The monoisotopic (exact) mass is 455 g/mol. The zero-order valence-corrected chi connectivity index (χ0v) is 17.6. The van der Waals surface area contributed by atoms with E-state index in [0.717, 1.165) is 16.8 Å². The van der Waals surface area contributed by atoms with Crippen molar-refractivity contribution in [1.82, 2.24) is 51.0 Å². The lowest BCUT2D eigenvalue weighted by Gasteiger charge is -2.07. The number of anilines is 2. The molecule has 4 aromatic heterocycles. The number of benzene rings is 1. The summed E-state index contributed by atoms with van der Waals surface area (Å²) in [6.07, 6.45) is 0.401. The van der Waals surface area contributed by atoms with Crippen molar-refractivity contribution >= 4 is 57.3 Å². The van der Waals surface area contributed by atoms with Gasteiger partial charge in [-0.1, -0.05) is 58.6 Å². The summed E-state index contributed by atoms with van der Waals surface area (Å²) >= 11 is 7.98. The molecule has 0 saturated carbocycles. The summed E-state index contributed by atoms with van der Waals surface area (Å²) in [6, 6.07) is 10.1. The number of H-pyrrole nitrogens is 3. The van der Waals surface area contributed by atoms with Crippen molar-refractivity contribution in [2.75, 3.05) is 5.32 Å². The molecular formula is C16H13N11S3. The highest BCUT2D eigenvalue weighted by molar-refractivity contribution is 7.98. The fourth-order valence-corrected chi connectivity index (χ4v) is 4.35. The molecule has 0 bridgehead atoms. The van der Waals surface area contributed by atoms with Crippen molar-refractivity contribution in [3.05, 3.63) is 51.4 Å². The van der Waals surface area contributed by atoms with Crippen molar-refractivity contribution < 1.29 is 0 Å². The first-order valence-corrected chi connectivity index (χ1v) is 10.9. The largest absolute Gasteiger partial charge is 0.314 e. The van der Waals surface area contributed by atoms with Crippen LogP contribution in [-0.2, 0) is 12.2 Å². The van der Waals surface area contributed by atoms with Crippen LogP contribution in [0.4, 0.5) is 10.9 Å². The quantitative estimate of drug-likeness (QED) is 0.164. The lowest BCUT2D eigenvalue weighted by Crippen LogP contribution is -2.00. The molecule has 4 heterocycles. The Morgan fingerprint density at radius 2 is 1.97 bits per heavy atom. The van der Waals surface area contributed by atoms with Crippen LogP contribution in [0.1, 0.15) is 17.1 Å². The fourth-order valence-electron chi connectivity index (χ4n) is 2.77. The van der Waals surface area contributed by atoms with E-state index >= 15 is 0 Å². The number of rotatable bonds is 7. The summed E-state index contributed by atoms with van der Waals surface area (Å²) < 4.78 is 0.570. The lowest BCUT2D eigenvalue weighted by molar-refractivity contribution is 0.881. The average molecular weight is 456 g/mol. The third-order valence-electron chi connectivity index (χ3n) is 4.07. The van der Waals surface area contributed by atoms with Crippen LogP contribution in [0, 0.1) is 3.95 Å². The summed E-state index contributed by atoms with van der Waals surface area (Å²) in [4.78, 5) is 9.33. The minimum absolute atomic E-state index is 0.401. The first kappa shape index (κ1) is 18.8. The summed E-state index contributed by atoms with van der Waals surface area (Å²) in [5.74, 6) is 1.86. The zero-order valence-electron chi connectivity index (χ0n) is 15.2. The van der Waals surface area contributed by atoms with E-state index in [1.807, 2.05) is 18.2 Å². The molecule has 0 saturated heterocycles. The van der Waals surface area contributed by atoms with E-state index in [1.54, 1.807) is 0 Å². The molecule has 5 rings (SSSR count). The van der Waals surface area contributed by atoms with Gasteiger partial charge in [-0.05, 0) is 17.8 Å². The Kier molecular flexibility index (Phi) is 5.17. The Balaban J connectivity index is 1.52. The average Bonchev–Trinajstić information content (AvgIpc) is 3.50. The van der Waals surface area contributed by atoms with E-state index in [9.17, 15) is 0 Å². The molecule has 0 aliphatic heterocycles. The van der Waals surface area contributed by atoms with Gasteiger partial charge in [-0.2, -0.15) is 10.3 Å². The number of hydrogen-bond donors (Lipinski definition) is 4. The standard InChI is InChI=1S/C16H13N11S3/c28-16-25-24-15(30-16)18-12-11-9(6-10-21-26-27-22-10)20-23-13(11)19-14(17-12)29-7-8-4-2-1-3-5-8/h1-5H,6-7H2,(H,25,28)(H,21,22,26,27)(H2,17,18,19,20,23,24). The zero-order chi connectivity index (χ0) is 20.3. The number of nitrogens with zero attached hydrogens (tertiary/aromatic N) is 7. The van der Waals surface area contributed by atoms with E-state index in [-0.39, 0.29) is 0 Å². The predicted molar refractivity (Wildman–Crippen MR) is 115 cm³/mol. The van der Waals surface area contributed by atoms with Crippen LogP contribution in [0.15, 0.2) is 35.5 Å². The van der Waals surface area contributed by atoms with Gasteiger partial charge in [-0.25, -0.2) is 9.97 Å². The Morgan fingerprint density at radius 3 is 2.73 bits per heavy atom. The topological polar surface area (TPSA) is 150 Å². The van der Waals surface area contributed by atoms with Gasteiger partial charge in [-0.3, -0.25) is 10.2 Å². The molecule has 14 heteroatoms. The van der Waals surface area contributed by atoms with E-state index < -0.39 is 0 Å². The number of tetrazole rings is 1. The van der Waals surface area contributed by atoms with E-state index in [0.29, 0.717) is 38.0 Å². The third kappa shape index (κ3) is 4.05.